The van der Waals surface area contributed by atoms with E-state index in [1.165, 1.54) is 0 Å². The lowest BCUT2D eigenvalue weighted by molar-refractivity contribution is -0.137. The molecular weight excluding hydrogens is 220 g/mol. The molecule has 0 unspecified atom stereocenters. The zero-order valence-corrected chi connectivity index (χ0v) is 9.38. The van der Waals surface area contributed by atoms with E-state index in [0.717, 1.165) is 11.2 Å². The van der Waals surface area contributed by atoms with E-state index >= 15 is 0 Å². The number of nitrogens with zero attached hydrogens (tertiary/aromatic N) is 2. The number of carboxylic acid groups (broad SMARTS) is 1. The summed E-state index contributed by atoms with van der Waals surface area (Å²) in [5.41, 5.74) is 2.01. The van der Waals surface area contributed by atoms with Crippen LogP contribution in [-0.2, 0) is 11.2 Å². The number of aryl methyl sites for hydroxylation is 2. The van der Waals surface area contributed by atoms with Crippen LogP contribution in [0.1, 0.15) is 28.4 Å². The number of imidazole rings is 1. The number of aldehydes is 1. The summed E-state index contributed by atoms with van der Waals surface area (Å²) in [5.74, 6) is -0.259. The highest BCUT2D eigenvalue weighted by Crippen LogP contribution is 2.15. The molecule has 0 fully saturated rings. The Bertz CT molecular complexity index is 587. The maximum absolute atomic E-state index is 10.9. The van der Waals surface area contributed by atoms with E-state index in [2.05, 4.69) is 4.98 Å². The number of carbonyl (C=O) groups excluding carboxylic acids is 1. The monoisotopic (exact) mass is 232 g/mol. The van der Waals surface area contributed by atoms with E-state index < -0.39 is 5.97 Å². The fourth-order valence-corrected chi connectivity index (χ4v) is 1.88. The molecule has 0 atom stereocenters. The molecule has 0 amide bonds. The Hall–Kier alpha value is -2.17. The highest BCUT2D eigenvalue weighted by molar-refractivity contribution is 5.84. The normalized spacial score (nSPS) is 10.6. The van der Waals surface area contributed by atoms with Crippen LogP contribution in [-0.4, -0.2) is 26.7 Å². The lowest BCUT2D eigenvalue weighted by Crippen LogP contribution is -2.03. The first kappa shape index (κ1) is 11.3. The lowest BCUT2D eigenvalue weighted by atomic mass is 10.3. The van der Waals surface area contributed by atoms with Gasteiger partial charge in [0.1, 0.15) is 11.5 Å². The van der Waals surface area contributed by atoms with Crippen molar-refractivity contribution in [2.24, 2.45) is 0 Å². The molecule has 17 heavy (non-hydrogen) atoms. The lowest BCUT2D eigenvalue weighted by Gasteiger charge is -2.03. The predicted octanol–water partition coefficient (Wildman–Crippen LogP) is 1.47. The molecule has 1 N–H and O–H groups in total. The predicted molar refractivity (Wildman–Crippen MR) is 61.3 cm³/mol. The van der Waals surface area contributed by atoms with Crippen LogP contribution in [0.5, 0.6) is 0 Å². The van der Waals surface area contributed by atoms with E-state index in [1.807, 2.05) is 23.5 Å². The van der Waals surface area contributed by atoms with Crippen molar-refractivity contribution >= 4 is 17.8 Å². The molecule has 0 aliphatic heterocycles. The Morgan fingerprint density at radius 2 is 2.29 bits per heavy atom. The fraction of sp³-hybridized carbons (Fsp3) is 0.250. The van der Waals surface area contributed by atoms with Crippen molar-refractivity contribution in [2.75, 3.05) is 0 Å². The average molecular weight is 232 g/mol. The van der Waals surface area contributed by atoms with Gasteiger partial charge in [-0.3, -0.25) is 9.59 Å². The van der Waals surface area contributed by atoms with Crippen molar-refractivity contribution in [3.63, 3.8) is 0 Å². The Morgan fingerprint density at radius 1 is 1.53 bits per heavy atom. The molecule has 2 heterocycles. The van der Waals surface area contributed by atoms with Gasteiger partial charge in [0.2, 0.25) is 0 Å². The number of carbonyl (C=O) groups is 2. The van der Waals surface area contributed by atoms with Gasteiger partial charge in [0.05, 0.1) is 11.9 Å². The van der Waals surface area contributed by atoms with E-state index in [9.17, 15) is 9.59 Å². The maximum Gasteiger partial charge on any atom is 0.303 e. The number of hydrogen-bond acceptors (Lipinski definition) is 3. The summed E-state index contributed by atoms with van der Waals surface area (Å²) in [7, 11) is 0. The Labute approximate surface area is 97.7 Å². The molecule has 2 aromatic heterocycles. The number of fused-ring (bicyclic) bond motifs is 1. The minimum absolute atomic E-state index is 0.00570. The van der Waals surface area contributed by atoms with Crippen LogP contribution < -0.4 is 0 Å². The largest absolute Gasteiger partial charge is 0.481 e. The first-order chi connectivity index (χ1) is 8.13. The molecule has 0 aromatic carbocycles. The van der Waals surface area contributed by atoms with Gasteiger partial charge in [-0.1, -0.05) is 6.07 Å². The number of aliphatic carboxylic acids is 1. The van der Waals surface area contributed by atoms with E-state index in [0.29, 0.717) is 24.2 Å². The number of carboxylic acids is 1. The van der Waals surface area contributed by atoms with Gasteiger partial charge in [-0.15, -0.1) is 0 Å². The molecule has 0 saturated carbocycles. The molecule has 0 spiro atoms. The number of hydrogen-bond donors (Lipinski definition) is 1. The highest BCUT2D eigenvalue weighted by atomic mass is 16.4. The summed E-state index contributed by atoms with van der Waals surface area (Å²) in [6.07, 6.45) is 1.01. The molecule has 2 rings (SSSR count). The SMILES string of the molecule is Cc1cccc2c(C=O)nc(CCC(=O)O)n12. The van der Waals surface area contributed by atoms with Crippen LogP contribution in [0.15, 0.2) is 18.2 Å². The summed E-state index contributed by atoms with van der Waals surface area (Å²) in [5, 5.41) is 8.67. The van der Waals surface area contributed by atoms with Crippen molar-refractivity contribution in [1.29, 1.82) is 0 Å². The van der Waals surface area contributed by atoms with Crippen molar-refractivity contribution < 1.29 is 14.7 Å². The third-order valence-electron chi connectivity index (χ3n) is 2.63. The van der Waals surface area contributed by atoms with Gasteiger partial charge in [0.15, 0.2) is 6.29 Å². The quantitative estimate of drug-likeness (QED) is 0.810. The molecule has 0 bridgehead atoms. The fourth-order valence-electron chi connectivity index (χ4n) is 1.88. The topological polar surface area (TPSA) is 71.7 Å². The summed E-state index contributed by atoms with van der Waals surface area (Å²) in [6, 6.07) is 5.54. The standard InChI is InChI=1S/C12H12N2O3/c1-8-3-2-4-10-9(7-15)13-11(14(8)10)5-6-12(16)17/h2-4,7H,5-6H2,1H3,(H,16,17). The van der Waals surface area contributed by atoms with Crippen LogP contribution in [0.4, 0.5) is 0 Å². The average Bonchev–Trinajstić information content (AvgIpc) is 2.66. The van der Waals surface area contributed by atoms with Crippen LogP contribution in [0.25, 0.3) is 5.52 Å². The van der Waals surface area contributed by atoms with Gasteiger partial charge in [0, 0.05) is 12.1 Å². The minimum atomic E-state index is -0.872. The second-order valence-corrected chi connectivity index (χ2v) is 3.81. The summed E-state index contributed by atoms with van der Waals surface area (Å²) < 4.78 is 1.83. The van der Waals surface area contributed by atoms with Gasteiger partial charge in [-0.25, -0.2) is 4.98 Å². The molecule has 0 radical (unpaired) electrons. The maximum atomic E-state index is 10.9. The second kappa shape index (κ2) is 4.37. The van der Waals surface area contributed by atoms with Gasteiger partial charge in [-0.05, 0) is 19.1 Å². The molecule has 0 aliphatic rings. The first-order valence-corrected chi connectivity index (χ1v) is 5.27. The van der Waals surface area contributed by atoms with Crippen LogP contribution in [0.2, 0.25) is 0 Å². The number of rotatable bonds is 4. The van der Waals surface area contributed by atoms with Gasteiger partial charge >= 0.3 is 5.97 Å². The van der Waals surface area contributed by atoms with E-state index in [4.69, 9.17) is 5.11 Å². The van der Waals surface area contributed by atoms with Crippen molar-refractivity contribution in [2.45, 2.75) is 19.8 Å². The molecule has 0 aliphatic carbocycles. The molecular formula is C12H12N2O3. The van der Waals surface area contributed by atoms with E-state index in [-0.39, 0.29) is 6.42 Å². The Kier molecular flexibility index (Phi) is 2.91. The summed E-state index contributed by atoms with van der Waals surface area (Å²) in [6.45, 7) is 1.90. The van der Waals surface area contributed by atoms with Crippen LogP contribution in [0.3, 0.4) is 0 Å². The summed E-state index contributed by atoms with van der Waals surface area (Å²) in [4.78, 5) is 25.6. The van der Waals surface area contributed by atoms with Crippen molar-refractivity contribution in [3.8, 4) is 0 Å². The zero-order chi connectivity index (χ0) is 12.4. The third kappa shape index (κ3) is 2.04. The van der Waals surface area contributed by atoms with Gasteiger partial charge in [-0.2, -0.15) is 0 Å². The van der Waals surface area contributed by atoms with E-state index in [1.54, 1.807) is 6.07 Å². The molecule has 5 heteroatoms. The molecule has 2 aromatic rings. The molecule has 0 saturated heterocycles. The smallest absolute Gasteiger partial charge is 0.303 e. The second-order valence-electron chi connectivity index (χ2n) is 3.81. The first-order valence-electron chi connectivity index (χ1n) is 5.27. The van der Waals surface area contributed by atoms with Gasteiger partial charge in [0.25, 0.3) is 0 Å². The van der Waals surface area contributed by atoms with Gasteiger partial charge < -0.3 is 9.51 Å². The third-order valence-corrected chi connectivity index (χ3v) is 2.63. The zero-order valence-electron chi connectivity index (χ0n) is 9.38. The highest BCUT2D eigenvalue weighted by Gasteiger charge is 2.12. The van der Waals surface area contributed by atoms with Crippen LogP contribution >= 0.6 is 0 Å². The number of pyridine rings is 1. The minimum Gasteiger partial charge on any atom is -0.481 e. The molecule has 5 nitrogen and oxygen atoms in total. The van der Waals surface area contributed by atoms with Crippen molar-refractivity contribution in [3.05, 3.63) is 35.4 Å². The number of aromatic nitrogens is 2. The molecule has 88 valence electrons. The Morgan fingerprint density at radius 3 is 2.94 bits per heavy atom. The Balaban J connectivity index is 2.54. The summed E-state index contributed by atoms with van der Waals surface area (Å²) >= 11 is 0. The van der Waals surface area contributed by atoms with Crippen LogP contribution in [0, 0.1) is 6.92 Å². The van der Waals surface area contributed by atoms with Crippen molar-refractivity contribution in [1.82, 2.24) is 9.38 Å².